The first-order valence-electron chi connectivity index (χ1n) is 7.37. The number of thiazole rings is 1. The van der Waals surface area contributed by atoms with Crippen molar-refractivity contribution in [2.45, 2.75) is 38.6 Å². The molecule has 0 aliphatic heterocycles. The lowest BCUT2D eigenvalue weighted by Crippen LogP contribution is -2.25. The first-order chi connectivity index (χ1) is 10.2. The zero-order valence-electron chi connectivity index (χ0n) is 12.0. The average molecular weight is 386 g/mol. The predicted octanol–water partition coefficient (Wildman–Crippen LogP) is 5.60. The first kappa shape index (κ1) is 15.5. The first-order valence-corrected chi connectivity index (χ1v) is 9.36. The molecule has 0 amide bonds. The molecule has 112 valence electrons. The molecule has 2 nitrogen and oxygen atoms in total. The molecule has 0 radical (unpaired) electrons. The molecule has 2 aromatic rings. The van der Waals surface area contributed by atoms with Gasteiger partial charge in [-0.3, -0.25) is 0 Å². The number of hydrogen-bond donors (Lipinski definition) is 1. The van der Waals surface area contributed by atoms with Crippen molar-refractivity contribution < 1.29 is 0 Å². The van der Waals surface area contributed by atoms with Crippen LogP contribution in [0.2, 0.25) is 5.02 Å². The van der Waals surface area contributed by atoms with Crippen molar-refractivity contribution >= 4 is 38.9 Å². The van der Waals surface area contributed by atoms with Crippen LogP contribution >= 0.6 is 38.9 Å². The van der Waals surface area contributed by atoms with Crippen LogP contribution in [0.1, 0.15) is 42.8 Å². The summed E-state index contributed by atoms with van der Waals surface area (Å²) in [5.41, 5.74) is 2.27. The zero-order chi connectivity index (χ0) is 14.8. The van der Waals surface area contributed by atoms with Crippen molar-refractivity contribution in [1.29, 1.82) is 0 Å². The van der Waals surface area contributed by atoms with E-state index in [0.717, 1.165) is 39.5 Å². The fraction of sp³-hybridized carbons (Fsp3) is 0.438. The van der Waals surface area contributed by atoms with Crippen LogP contribution in [0.5, 0.6) is 0 Å². The van der Waals surface area contributed by atoms with Gasteiger partial charge in [-0.2, -0.15) is 0 Å². The van der Waals surface area contributed by atoms with Crippen molar-refractivity contribution in [3.8, 4) is 10.6 Å². The summed E-state index contributed by atoms with van der Waals surface area (Å²) >= 11 is 11.7. The monoisotopic (exact) mass is 384 g/mol. The summed E-state index contributed by atoms with van der Waals surface area (Å²) in [5, 5.41) is 5.42. The van der Waals surface area contributed by atoms with Crippen molar-refractivity contribution in [1.82, 2.24) is 10.3 Å². The highest BCUT2D eigenvalue weighted by molar-refractivity contribution is 9.10. The number of hydrogen-bond acceptors (Lipinski definition) is 3. The van der Waals surface area contributed by atoms with Gasteiger partial charge in [0.2, 0.25) is 0 Å². The number of halogens is 2. The molecule has 1 N–H and O–H groups in total. The minimum atomic E-state index is 0.407. The molecular weight excluding hydrogens is 368 g/mol. The smallest absolute Gasteiger partial charge is 0.125 e. The highest BCUT2D eigenvalue weighted by Crippen LogP contribution is 2.39. The van der Waals surface area contributed by atoms with E-state index in [1.54, 1.807) is 11.3 Å². The maximum atomic E-state index is 6.34. The van der Waals surface area contributed by atoms with Gasteiger partial charge >= 0.3 is 0 Å². The Balaban J connectivity index is 1.96. The van der Waals surface area contributed by atoms with Crippen LogP contribution in [0.25, 0.3) is 10.6 Å². The second-order valence-electron chi connectivity index (χ2n) is 5.35. The molecule has 0 fully saturated rings. The van der Waals surface area contributed by atoms with Gasteiger partial charge < -0.3 is 5.32 Å². The largest absolute Gasteiger partial charge is 0.309 e. The summed E-state index contributed by atoms with van der Waals surface area (Å²) in [6.45, 7) is 3.25. The number of nitrogens with one attached hydrogen (secondary N) is 1. The number of aromatic nitrogens is 1. The molecule has 3 rings (SSSR count). The molecule has 1 unspecified atom stereocenters. The Kier molecular flexibility index (Phi) is 4.99. The summed E-state index contributed by atoms with van der Waals surface area (Å²) in [5.74, 6) is 0. The summed E-state index contributed by atoms with van der Waals surface area (Å²) in [4.78, 5) is 6.33. The van der Waals surface area contributed by atoms with Crippen LogP contribution in [-0.2, 0) is 6.42 Å². The molecule has 1 atom stereocenters. The lowest BCUT2D eigenvalue weighted by atomic mass is 9.97. The van der Waals surface area contributed by atoms with E-state index < -0.39 is 0 Å². The minimum Gasteiger partial charge on any atom is -0.309 e. The molecule has 1 aromatic carbocycles. The van der Waals surface area contributed by atoms with E-state index in [1.165, 1.54) is 23.4 Å². The van der Waals surface area contributed by atoms with E-state index in [9.17, 15) is 0 Å². The number of aryl methyl sites for hydroxylation is 1. The van der Waals surface area contributed by atoms with E-state index in [-0.39, 0.29) is 0 Å². The fourth-order valence-corrected chi connectivity index (χ4v) is 4.53. The molecule has 5 heteroatoms. The van der Waals surface area contributed by atoms with Crippen molar-refractivity contribution in [3.05, 3.63) is 38.3 Å². The van der Waals surface area contributed by atoms with Gasteiger partial charge in [0.05, 0.1) is 16.8 Å². The van der Waals surface area contributed by atoms with Gasteiger partial charge in [-0.25, -0.2) is 4.98 Å². The Labute approximate surface area is 143 Å². The third-order valence-corrected chi connectivity index (χ3v) is 5.74. The Morgan fingerprint density at radius 2 is 2.33 bits per heavy atom. The number of fused-ring (bicyclic) bond motifs is 1. The van der Waals surface area contributed by atoms with Gasteiger partial charge in [-0.1, -0.05) is 34.5 Å². The van der Waals surface area contributed by atoms with E-state index in [0.29, 0.717) is 6.04 Å². The van der Waals surface area contributed by atoms with Crippen molar-refractivity contribution in [2.75, 3.05) is 6.54 Å². The summed E-state index contributed by atoms with van der Waals surface area (Å²) in [6.07, 6.45) is 4.72. The second kappa shape index (κ2) is 6.78. The van der Waals surface area contributed by atoms with Gasteiger partial charge in [-0.15, -0.1) is 11.3 Å². The molecule has 1 aliphatic carbocycles. The van der Waals surface area contributed by atoms with E-state index in [1.807, 2.05) is 12.1 Å². The van der Waals surface area contributed by atoms with Gasteiger partial charge in [0.15, 0.2) is 0 Å². The van der Waals surface area contributed by atoms with Crippen LogP contribution < -0.4 is 5.32 Å². The average Bonchev–Trinajstić information content (AvgIpc) is 2.92. The third kappa shape index (κ3) is 3.34. The molecule has 0 saturated heterocycles. The van der Waals surface area contributed by atoms with E-state index in [2.05, 4.69) is 34.2 Å². The molecule has 21 heavy (non-hydrogen) atoms. The van der Waals surface area contributed by atoms with E-state index in [4.69, 9.17) is 16.6 Å². The fourth-order valence-electron chi connectivity index (χ4n) is 2.71. The number of rotatable bonds is 4. The lowest BCUT2D eigenvalue weighted by Gasteiger charge is -2.22. The van der Waals surface area contributed by atoms with Crippen LogP contribution in [-0.4, -0.2) is 11.5 Å². The normalized spacial score (nSPS) is 17.8. The number of nitrogens with zero attached hydrogens (tertiary/aromatic N) is 1. The van der Waals surface area contributed by atoms with Crippen LogP contribution in [0.4, 0.5) is 0 Å². The molecule has 0 bridgehead atoms. The second-order valence-corrected chi connectivity index (χ2v) is 7.76. The summed E-state index contributed by atoms with van der Waals surface area (Å²) in [6, 6.07) is 6.35. The van der Waals surface area contributed by atoms with Crippen LogP contribution in [0, 0.1) is 0 Å². The topological polar surface area (TPSA) is 24.9 Å². The van der Waals surface area contributed by atoms with E-state index >= 15 is 0 Å². The maximum Gasteiger partial charge on any atom is 0.125 e. The summed E-state index contributed by atoms with van der Waals surface area (Å²) in [7, 11) is 0. The van der Waals surface area contributed by atoms with Crippen molar-refractivity contribution in [2.24, 2.45) is 0 Å². The minimum absolute atomic E-state index is 0.407. The van der Waals surface area contributed by atoms with Crippen LogP contribution in [0.3, 0.4) is 0 Å². The third-order valence-electron chi connectivity index (χ3n) is 3.75. The standard InChI is InChI=1S/C16H18BrClN2S/c1-2-8-19-13-4-3-5-14-15(13)20-16(21-14)11-9-10(17)6-7-12(11)18/h6-7,9,13,19H,2-5,8H2,1H3. The molecule has 1 aromatic heterocycles. The molecule has 0 spiro atoms. The molecule has 0 saturated carbocycles. The Bertz CT molecular complexity index is 641. The highest BCUT2D eigenvalue weighted by atomic mass is 79.9. The SMILES string of the molecule is CCCNC1CCCc2sc(-c3cc(Br)ccc3Cl)nc21. The predicted molar refractivity (Wildman–Crippen MR) is 94.2 cm³/mol. The Morgan fingerprint density at radius 3 is 3.14 bits per heavy atom. The van der Waals surface area contributed by atoms with Crippen LogP contribution in [0.15, 0.2) is 22.7 Å². The number of benzene rings is 1. The zero-order valence-corrected chi connectivity index (χ0v) is 15.1. The Hall–Kier alpha value is -0.420. The maximum absolute atomic E-state index is 6.34. The van der Waals surface area contributed by atoms with Gasteiger partial charge in [-0.05, 0) is 50.4 Å². The van der Waals surface area contributed by atoms with Crippen molar-refractivity contribution in [3.63, 3.8) is 0 Å². The molecule has 1 heterocycles. The van der Waals surface area contributed by atoms with Gasteiger partial charge in [0.25, 0.3) is 0 Å². The molecular formula is C16H18BrClN2S. The Morgan fingerprint density at radius 1 is 1.48 bits per heavy atom. The van der Waals surface area contributed by atoms with Gasteiger partial charge in [0.1, 0.15) is 5.01 Å². The highest BCUT2D eigenvalue weighted by Gasteiger charge is 2.25. The molecule has 1 aliphatic rings. The van der Waals surface area contributed by atoms with Gasteiger partial charge in [0, 0.05) is 14.9 Å². The summed E-state index contributed by atoms with van der Waals surface area (Å²) < 4.78 is 1.04. The lowest BCUT2D eigenvalue weighted by molar-refractivity contribution is 0.454. The quantitative estimate of drug-likeness (QED) is 0.740.